The average molecular weight is 267 g/mol. The topological polar surface area (TPSA) is 29.5 Å². The van der Waals surface area contributed by atoms with Crippen LogP contribution in [0.3, 0.4) is 0 Å². The van der Waals surface area contributed by atoms with Gasteiger partial charge in [-0.2, -0.15) is 12.6 Å². The van der Waals surface area contributed by atoms with E-state index in [1.54, 1.807) is 12.0 Å². The summed E-state index contributed by atoms with van der Waals surface area (Å²) in [4.78, 5) is 13.4. The third-order valence-corrected chi connectivity index (χ3v) is 3.13. The van der Waals surface area contributed by atoms with E-state index in [1.165, 1.54) is 5.56 Å². The largest absolute Gasteiger partial charge is 0.496 e. The van der Waals surface area contributed by atoms with E-state index in [0.717, 1.165) is 17.7 Å². The van der Waals surface area contributed by atoms with E-state index in [4.69, 9.17) is 4.74 Å². The van der Waals surface area contributed by atoms with Gasteiger partial charge in [0, 0.05) is 20.0 Å². The zero-order valence-electron chi connectivity index (χ0n) is 11.3. The first-order chi connectivity index (χ1) is 8.58. The first-order valence-electron chi connectivity index (χ1n) is 6.06. The Bertz CT molecular complexity index is 407. The zero-order valence-corrected chi connectivity index (χ0v) is 12.2. The summed E-state index contributed by atoms with van der Waals surface area (Å²) in [5.74, 6) is 1.61. The summed E-state index contributed by atoms with van der Waals surface area (Å²) in [5, 5.41) is 0. The van der Waals surface area contributed by atoms with Gasteiger partial charge >= 0.3 is 0 Å². The number of methoxy groups -OCH3 is 1. The number of nitrogens with zero attached hydrogens (tertiary/aromatic N) is 1. The maximum atomic E-state index is 11.6. The number of likely N-dealkylation sites (N-methyl/N-ethyl adjacent to an activating group) is 1. The minimum Gasteiger partial charge on any atom is -0.496 e. The van der Waals surface area contributed by atoms with E-state index in [1.807, 2.05) is 19.2 Å². The van der Waals surface area contributed by atoms with Crippen molar-refractivity contribution in [3.8, 4) is 5.75 Å². The lowest BCUT2D eigenvalue weighted by Gasteiger charge is -2.18. The predicted molar refractivity (Wildman–Crippen MR) is 77.5 cm³/mol. The number of amides is 1. The fourth-order valence-corrected chi connectivity index (χ4v) is 1.99. The first kappa shape index (κ1) is 14.9. The molecule has 0 saturated heterocycles. The smallest absolute Gasteiger partial charge is 0.223 e. The van der Waals surface area contributed by atoms with Gasteiger partial charge in [0.2, 0.25) is 5.91 Å². The van der Waals surface area contributed by atoms with Crippen molar-refractivity contribution in [2.45, 2.75) is 19.8 Å². The molecule has 0 aromatic heterocycles. The molecule has 0 unspecified atom stereocenters. The molecule has 0 radical (unpaired) electrons. The Hall–Kier alpha value is -1.16. The van der Waals surface area contributed by atoms with E-state index in [9.17, 15) is 4.79 Å². The molecule has 0 aliphatic heterocycles. The Morgan fingerprint density at radius 1 is 1.44 bits per heavy atom. The molecular weight excluding hydrogens is 246 g/mol. The van der Waals surface area contributed by atoms with Gasteiger partial charge in [-0.05, 0) is 30.7 Å². The second-order valence-electron chi connectivity index (χ2n) is 4.35. The molecule has 0 heterocycles. The molecule has 0 aliphatic rings. The number of hydrogen-bond acceptors (Lipinski definition) is 3. The lowest BCUT2D eigenvalue weighted by atomic mass is 10.1. The fourth-order valence-electron chi connectivity index (χ4n) is 1.80. The van der Waals surface area contributed by atoms with Gasteiger partial charge in [0.25, 0.3) is 0 Å². The zero-order chi connectivity index (χ0) is 13.5. The van der Waals surface area contributed by atoms with Gasteiger partial charge in [0.15, 0.2) is 0 Å². The Kier molecular flexibility index (Phi) is 6.05. The van der Waals surface area contributed by atoms with Gasteiger partial charge in [-0.1, -0.05) is 17.7 Å². The number of hydrogen-bond donors (Lipinski definition) is 1. The second kappa shape index (κ2) is 7.31. The Balaban J connectivity index is 2.62. The molecule has 0 spiro atoms. The van der Waals surface area contributed by atoms with E-state index < -0.39 is 0 Å². The monoisotopic (exact) mass is 267 g/mol. The minimum absolute atomic E-state index is 0.136. The summed E-state index contributed by atoms with van der Waals surface area (Å²) in [7, 11) is 3.50. The maximum absolute atomic E-state index is 11.6. The highest BCUT2D eigenvalue weighted by atomic mass is 32.1. The highest BCUT2D eigenvalue weighted by Gasteiger charge is 2.09. The average Bonchev–Trinajstić information content (AvgIpc) is 2.36. The number of carbonyl (C=O) groups is 1. The van der Waals surface area contributed by atoms with Crippen LogP contribution in [-0.4, -0.2) is 37.3 Å². The molecule has 0 bridgehead atoms. The van der Waals surface area contributed by atoms with E-state index in [-0.39, 0.29) is 5.91 Å². The highest BCUT2D eigenvalue weighted by Crippen LogP contribution is 2.20. The molecule has 1 aromatic carbocycles. The lowest BCUT2D eigenvalue weighted by Crippen LogP contribution is -2.29. The Labute approximate surface area is 115 Å². The van der Waals surface area contributed by atoms with Crippen LogP contribution in [0.15, 0.2) is 18.2 Å². The summed E-state index contributed by atoms with van der Waals surface area (Å²) in [6.07, 6.45) is 1.30. The SMILES string of the molecule is COc1ccc(C)cc1CCN(C)C(=O)CCS. The number of carbonyl (C=O) groups excluding carboxylic acids is 1. The van der Waals surface area contributed by atoms with Crippen LogP contribution in [0.1, 0.15) is 17.5 Å². The number of rotatable bonds is 6. The summed E-state index contributed by atoms with van der Waals surface area (Å²) >= 11 is 4.07. The van der Waals surface area contributed by atoms with Crippen molar-refractivity contribution in [2.75, 3.05) is 26.5 Å². The predicted octanol–water partition coefficient (Wildman–Crippen LogP) is 2.32. The van der Waals surface area contributed by atoms with Crippen molar-refractivity contribution < 1.29 is 9.53 Å². The van der Waals surface area contributed by atoms with Gasteiger partial charge in [0.1, 0.15) is 5.75 Å². The van der Waals surface area contributed by atoms with Gasteiger partial charge in [-0.15, -0.1) is 0 Å². The van der Waals surface area contributed by atoms with Crippen LogP contribution in [0.2, 0.25) is 0 Å². The fraction of sp³-hybridized carbons (Fsp3) is 0.500. The molecule has 1 aromatic rings. The van der Waals surface area contributed by atoms with E-state index in [0.29, 0.717) is 18.7 Å². The molecule has 0 N–H and O–H groups in total. The Morgan fingerprint density at radius 2 is 2.17 bits per heavy atom. The number of ether oxygens (including phenoxy) is 1. The van der Waals surface area contributed by atoms with Gasteiger partial charge in [-0.3, -0.25) is 4.79 Å². The van der Waals surface area contributed by atoms with Crippen LogP contribution < -0.4 is 4.74 Å². The van der Waals surface area contributed by atoms with Crippen molar-refractivity contribution in [3.05, 3.63) is 29.3 Å². The molecule has 0 atom stereocenters. The van der Waals surface area contributed by atoms with Gasteiger partial charge in [-0.25, -0.2) is 0 Å². The van der Waals surface area contributed by atoms with Crippen LogP contribution in [0.4, 0.5) is 0 Å². The summed E-state index contributed by atoms with van der Waals surface area (Å²) in [6.45, 7) is 2.76. The highest BCUT2D eigenvalue weighted by molar-refractivity contribution is 7.80. The molecule has 100 valence electrons. The van der Waals surface area contributed by atoms with Gasteiger partial charge < -0.3 is 9.64 Å². The molecule has 1 amide bonds. The third kappa shape index (κ3) is 4.26. The molecule has 4 heteroatoms. The van der Waals surface area contributed by atoms with E-state index in [2.05, 4.69) is 25.6 Å². The molecule has 3 nitrogen and oxygen atoms in total. The minimum atomic E-state index is 0.136. The second-order valence-corrected chi connectivity index (χ2v) is 4.80. The van der Waals surface area contributed by atoms with E-state index >= 15 is 0 Å². The van der Waals surface area contributed by atoms with Crippen molar-refractivity contribution in [1.29, 1.82) is 0 Å². The molecule has 0 aliphatic carbocycles. The van der Waals surface area contributed by atoms with Crippen molar-refractivity contribution in [3.63, 3.8) is 0 Å². The number of aryl methyl sites for hydroxylation is 1. The quantitative estimate of drug-likeness (QED) is 0.802. The molecule has 0 fully saturated rings. The van der Waals surface area contributed by atoms with Crippen LogP contribution in [0, 0.1) is 6.92 Å². The number of thiol groups is 1. The van der Waals surface area contributed by atoms with Crippen molar-refractivity contribution in [1.82, 2.24) is 4.90 Å². The summed E-state index contributed by atoms with van der Waals surface area (Å²) < 4.78 is 5.32. The van der Waals surface area contributed by atoms with Crippen molar-refractivity contribution >= 4 is 18.5 Å². The van der Waals surface area contributed by atoms with Crippen LogP contribution in [0.5, 0.6) is 5.75 Å². The maximum Gasteiger partial charge on any atom is 0.223 e. The summed E-state index contributed by atoms with van der Waals surface area (Å²) in [5.41, 5.74) is 2.35. The van der Waals surface area contributed by atoms with Crippen LogP contribution in [0.25, 0.3) is 0 Å². The normalized spacial score (nSPS) is 10.2. The third-order valence-electron chi connectivity index (χ3n) is 2.90. The molecular formula is C14H21NO2S. The summed E-state index contributed by atoms with van der Waals surface area (Å²) in [6, 6.07) is 6.11. The molecule has 1 rings (SSSR count). The first-order valence-corrected chi connectivity index (χ1v) is 6.70. The van der Waals surface area contributed by atoms with Crippen LogP contribution in [-0.2, 0) is 11.2 Å². The van der Waals surface area contributed by atoms with Gasteiger partial charge in [0.05, 0.1) is 7.11 Å². The Morgan fingerprint density at radius 3 is 2.78 bits per heavy atom. The number of benzene rings is 1. The molecule has 0 saturated carbocycles. The molecule has 18 heavy (non-hydrogen) atoms. The standard InChI is InChI=1S/C14H21NO2S/c1-11-4-5-13(17-3)12(10-11)6-8-15(2)14(16)7-9-18/h4-5,10,18H,6-9H2,1-3H3. The van der Waals surface area contributed by atoms with Crippen molar-refractivity contribution in [2.24, 2.45) is 0 Å². The van der Waals surface area contributed by atoms with Crippen LogP contribution >= 0.6 is 12.6 Å². The lowest BCUT2D eigenvalue weighted by molar-refractivity contribution is -0.129.